The van der Waals surface area contributed by atoms with Crippen molar-refractivity contribution in [1.82, 2.24) is 10.2 Å². The molecule has 10 heteroatoms. The maximum absolute atomic E-state index is 14.1. The molecule has 0 heterocycles. The molecule has 3 aromatic rings. The van der Waals surface area contributed by atoms with Crippen molar-refractivity contribution in [3.8, 4) is 5.75 Å². The number of ether oxygens (including phenoxy) is 1. The van der Waals surface area contributed by atoms with Gasteiger partial charge in [-0.1, -0.05) is 59.6 Å². The normalized spacial score (nSPS) is 12.7. The average Bonchev–Trinajstić information content (AvgIpc) is 2.96. The molecule has 8 nitrogen and oxygen atoms in total. The zero-order valence-corrected chi connectivity index (χ0v) is 26.5. The molecule has 0 aliphatic heterocycles. The zero-order chi connectivity index (χ0) is 30.2. The summed E-state index contributed by atoms with van der Waals surface area (Å²) in [5.41, 5.74) is 2.04. The van der Waals surface area contributed by atoms with Gasteiger partial charge in [0.2, 0.25) is 11.8 Å². The molecule has 1 N–H and O–H groups in total. The van der Waals surface area contributed by atoms with Crippen molar-refractivity contribution in [3.63, 3.8) is 0 Å². The molecule has 3 rings (SSSR count). The van der Waals surface area contributed by atoms with Gasteiger partial charge in [-0.25, -0.2) is 8.42 Å². The molecular formula is C31H38BrN3O5S. The predicted octanol–water partition coefficient (Wildman–Crippen LogP) is 5.68. The smallest absolute Gasteiger partial charge is 0.264 e. The number of nitrogens with one attached hydrogen (secondary N) is 1. The van der Waals surface area contributed by atoms with Gasteiger partial charge in [-0.2, -0.15) is 0 Å². The van der Waals surface area contributed by atoms with Crippen LogP contribution in [-0.2, 0) is 26.2 Å². The first-order chi connectivity index (χ1) is 19.5. The van der Waals surface area contributed by atoms with Crippen LogP contribution >= 0.6 is 15.9 Å². The summed E-state index contributed by atoms with van der Waals surface area (Å²) in [6.45, 7) is 7.22. The number of rotatable bonds is 13. The topological polar surface area (TPSA) is 96.0 Å². The fourth-order valence-electron chi connectivity index (χ4n) is 4.26. The number of benzene rings is 3. The van der Waals surface area contributed by atoms with Crippen molar-refractivity contribution in [3.05, 3.63) is 88.4 Å². The second kappa shape index (κ2) is 14.5. The highest BCUT2D eigenvalue weighted by molar-refractivity contribution is 9.10. The number of hydrogen-bond acceptors (Lipinski definition) is 5. The highest BCUT2D eigenvalue weighted by Gasteiger charge is 2.34. The SMILES string of the molecule is CC[C@@H](C)NC(=O)[C@@H](CC)N(Cc1ccc(OC)cc1)C(=O)CN(c1ccc(Br)cc1)S(=O)(=O)c1ccc(C)cc1. The van der Waals surface area contributed by atoms with E-state index in [2.05, 4.69) is 21.2 Å². The number of anilines is 1. The Labute approximate surface area is 251 Å². The lowest BCUT2D eigenvalue weighted by Crippen LogP contribution is -2.53. The van der Waals surface area contributed by atoms with Crippen LogP contribution in [0.5, 0.6) is 5.75 Å². The third kappa shape index (κ3) is 8.33. The molecule has 0 fully saturated rings. The fourth-order valence-corrected chi connectivity index (χ4v) is 5.94. The van der Waals surface area contributed by atoms with Crippen LogP contribution in [0.1, 0.15) is 44.7 Å². The summed E-state index contributed by atoms with van der Waals surface area (Å²) in [7, 11) is -2.54. The minimum absolute atomic E-state index is 0.0714. The van der Waals surface area contributed by atoms with Crippen molar-refractivity contribution >= 4 is 43.5 Å². The standard InChI is InChI=1S/C31H38BrN3O5S/c1-6-23(4)33-31(37)29(7-2)34(20-24-10-16-27(40-5)17-11-24)30(36)21-35(26-14-12-25(32)13-15-26)41(38,39)28-18-8-22(3)9-19-28/h8-19,23,29H,6-7,20-21H2,1-5H3,(H,33,37)/t23-,29-/m1/s1. The molecule has 0 saturated heterocycles. The summed E-state index contributed by atoms with van der Waals surface area (Å²) in [4.78, 5) is 29.0. The van der Waals surface area contributed by atoms with Crippen LogP contribution in [-0.4, -0.2) is 50.9 Å². The van der Waals surface area contributed by atoms with Crippen LogP contribution in [0.15, 0.2) is 82.2 Å². The van der Waals surface area contributed by atoms with Crippen LogP contribution in [0.2, 0.25) is 0 Å². The molecule has 0 radical (unpaired) electrons. The molecule has 0 aliphatic carbocycles. The first-order valence-electron chi connectivity index (χ1n) is 13.6. The number of carbonyl (C=O) groups is 2. The van der Waals surface area contributed by atoms with Crippen LogP contribution in [0.3, 0.4) is 0 Å². The van der Waals surface area contributed by atoms with Gasteiger partial charge in [0.1, 0.15) is 18.3 Å². The molecule has 2 amide bonds. The van der Waals surface area contributed by atoms with Crippen molar-refractivity contribution in [2.45, 2.75) is 64.1 Å². The van der Waals surface area contributed by atoms with E-state index in [9.17, 15) is 18.0 Å². The van der Waals surface area contributed by atoms with Crippen LogP contribution < -0.4 is 14.4 Å². The minimum atomic E-state index is -4.12. The van der Waals surface area contributed by atoms with Crippen molar-refractivity contribution < 1.29 is 22.7 Å². The molecule has 0 bridgehead atoms. The highest BCUT2D eigenvalue weighted by Crippen LogP contribution is 2.27. The lowest BCUT2D eigenvalue weighted by Gasteiger charge is -2.33. The van der Waals surface area contributed by atoms with E-state index >= 15 is 0 Å². The van der Waals surface area contributed by atoms with E-state index in [1.54, 1.807) is 55.6 Å². The van der Waals surface area contributed by atoms with Gasteiger partial charge in [-0.3, -0.25) is 13.9 Å². The minimum Gasteiger partial charge on any atom is -0.497 e. The van der Waals surface area contributed by atoms with Crippen LogP contribution in [0.25, 0.3) is 0 Å². The third-order valence-electron chi connectivity index (χ3n) is 6.90. The Hall–Kier alpha value is -3.37. The number of carbonyl (C=O) groups excluding carboxylic acids is 2. The van der Waals surface area contributed by atoms with Gasteiger partial charge < -0.3 is 15.0 Å². The summed E-state index contributed by atoms with van der Waals surface area (Å²) in [5, 5.41) is 2.98. The Morgan fingerprint density at radius 1 is 0.927 bits per heavy atom. The van der Waals surface area contributed by atoms with Crippen molar-refractivity contribution in [2.24, 2.45) is 0 Å². The van der Waals surface area contributed by atoms with Crippen molar-refractivity contribution in [2.75, 3.05) is 18.0 Å². The van der Waals surface area contributed by atoms with E-state index in [0.29, 0.717) is 17.9 Å². The van der Waals surface area contributed by atoms with E-state index in [1.165, 1.54) is 17.0 Å². The molecule has 0 unspecified atom stereocenters. The fraction of sp³-hybridized carbons (Fsp3) is 0.355. The molecule has 220 valence electrons. The van der Waals surface area contributed by atoms with Crippen LogP contribution in [0, 0.1) is 6.92 Å². The summed E-state index contributed by atoms with van der Waals surface area (Å²) in [5.74, 6) is -0.107. The van der Waals surface area contributed by atoms with E-state index in [-0.39, 0.29) is 23.4 Å². The van der Waals surface area contributed by atoms with Crippen LogP contribution in [0.4, 0.5) is 5.69 Å². The maximum atomic E-state index is 14.1. The predicted molar refractivity (Wildman–Crippen MR) is 165 cm³/mol. The Kier molecular flexibility index (Phi) is 11.4. The third-order valence-corrected chi connectivity index (χ3v) is 9.22. The summed E-state index contributed by atoms with van der Waals surface area (Å²) < 4.78 is 35.0. The zero-order valence-electron chi connectivity index (χ0n) is 24.1. The lowest BCUT2D eigenvalue weighted by atomic mass is 10.1. The Bertz CT molecular complexity index is 1410. The number of amides is 2. The Morgan fingerprint density at radius 3 is 2.07 bits per heavy atom. The highest BCUT2D eigenvalue weighted by atomic mass is 79.9. The molecule has 2 atom stereocenters. The Balaban J connectivity index is 2.05. The average molecular weight is 645 g/mol. The summed E-state index contributed by atoms with van der Waals surface area (Å²) in [6, 6.07) is 19.6. The van der Waals surface area contributed by atoms with Gasteiger partial charge >= 0.3 is 0 Å². The van der Waals surface area contributed by atoms with E-state index in [0.717, 1.165) is 26.3 Å². The maximum Gasteiger partial charge on any atom is 0.264 e. The van der Waals surface area contributed by atoms with Crippen molar-refractivity contribution in [1.29, 1.82) is 0 Å². The molecule has 41 heavy (non-hydrogen) atoms. The van der Waals surface area contributed by atoms with Gasteiger partial charge in [-0.05, 0) is 80.8 Å². The van der Waals surface area contributed by atoms with E-state index < -0.39 is 28.5 Å². The number of nitrogens with zero attached hydrogens (tertiary/aromatic N) is 2. The Morgan fingerprint density at radius 2 is 1.54 bits per heavy atom. The van der Waals surface area contributed by atoms with Gasteiger partial charge in [0, 0.05) is 17.1 Å². The largest absolute Gasteiger partial charge is 0.497 e. The molecule has 0 saturated carbocycles. The molecule has 0 spiro atoms. The first kappa shape index (κ1) is 32.1. The number of aryl methyl sites for hydroxylation is 1. The van der Waals surface area contributed by atoms with Gasteiger partial charge in [0.15, 0.2) is 0 Å². The number of hydrogen-bond donors (Lipinski definition) is 1. The quantitative estimate of drug-likeness (QED) is 0.258. The summed E-state index contributed by atoms with van der Waals surface area (Å²) in [6.07, 6.45) is 1.09. The van der Waals surface area contributed by atoms with Gasteiger partial charge in [-0.15, -0.1) is 0 Å². The molecule has 0 aliphatic rings. The number of methoxy groups -OCH3 is 1. The monoisotopic (exact) mass is 643 g/mol. The number of halogens is 1. The molecule has 3 aromatic carbocycles. The second-order valence-electron chi connectivity index (χ2n) is 9.91. The second-order valence-corrected chi connectivity index (χ2v) is 12.7. The van der Waals surface area contributed by atoms with Gasteiger partial charge in [0.25, 0.3) is 10.0 Å². The van der Waals surface area contributed by atoms with E-state index in [4.69, 9.17) is 4.74 Å². The first-order valence-corrected chi connectivity index (χ1v) is 15.8. The van der Waals surface area contributed by atoms with E-state index in [1.807, 2.05) is 39.8 Å². The molecular weight excluding hydrogens is 606 g/mol. The summed E-state index contributed by atoms with van der Waals surface area (Å²) >= 11 is 3.39. The lowest BCUT2D eigenvalue weighted by molar-refractivity contribution is -0.140. The van der Waals surface area contributed by atoms with Gasteiger partial charge in [0.05, 0.1) is 17.7 Å². The number of sulfonamides is 1. The molecule has 0 aromatic heterocycles.